The lowest BCUT2D eigenvalue weighted by Crippen LogP contribution is -2.21. The van der Waals surface area contributed by atoms with Crippen molar-refractivity contribution in [2.45, 2.75) is 25.2 Å². The number of epoxide rings is 1. The Balaban J connectivity index is 2.06. The lowest BCUT2D eigenvalue weighted by molar-refractivity contribution is 0.00215. The molecule has 66 valence electrons. The normalized spacial score (nSPS) is 36.1. The molecule has 11 heavy (non-hydrogen) atoms. The SMILES string of the molecule is [2H]C(OCC(O)CO)C1OC1C. The molecule has 0 bridgehead atoms. The predicted octanol–water partition coefficient (Wildman–Crippen LogP) is -0.857. The van der Waals surface area contributed by atoms with Gasteiger partial charge in [-0.3, -0.25) is 0 Å². The van der Waals surface area contributed by atoms with Gasteiger partial charge in [-0.05, 0) is 6.92 Å². The summed E-state index contributed by atoms with van der Waals surface area (Å²) >= 11 is 0. The molecule has 4 unspecified atom stereocenters. The maximum Gasteiger partial charge on any atom is 0.107 e. The monoisotopic (exact) mass is 163 g/mol. The van der Waals surface area contributed by atoms with Crippen LogP contribution >= 0.6 is 0 Å². The standard InChI is InChI=1S/C7H14O4/c1-5-7(11-5)4-10-3-6(9)2-8/h5-9H,2-4H2,1H3/i4D. The Morgan fingerprint density at radius 3 is 2.91 bits per heavy atom. The van der Waals surface area contributed by atoms with E-state index in [1.807, 2.05) is 6.92 Å². The second-order valence-corrected chi connectivity index (χ2v) is 2.61. The van der Waals surface area contributed by atoms with Crippen LogP contribution in [0.1, 0.15) is 8.29 Å². The summed E-state index contributed by atoms with van der Waals surface area (Å²) in [4.78, 5) is 0. The highest BCUT2D eigenvalue weighted by atomic mass is 16.6. The van der Waals surface area contributed by atoms with E-state index in [1.54, 1.807) is 0 Å². The van der Waals surface area contributed by atoms with E-state index in [1.165, 1.54) is 0 Å². The highest BCUT2D eigenvalue weighted by Gasteiger charge is 2.34. The smallest absolute Gasteiger partial charge is 0.107 e. The first-order valence-corrected chi connectivity index (χ1v) is 3.63. The third-order valence-electron chi connectivity index (χ3n) is 1.49. The van der Waals surface area contributed by atoms with Crippen LogP contribution in [0.3, 0.4) is 0 Å². The van der Waals surface area contributed by atoms with E-state index >= 15 is 0 Å². The molecule has 0 aromatic heterocycles. The van der Waals surface area contributed by atoms with Crippen LogP contribution in [0.4, 0.5) is 0 Å². The Bertz CT molecular complexity index is 143. The van der Waals surface area contributed by atoms with Crippen LogP contribution < -0.4 is 0 Å². The van der Waals surface area contributed by atoms with Crippen LogP contribution in [0.25, 0.3) is 0 Å². The molecule has 0 saturated carbocycles. The summed E-state index contributed by atoms with van der Waals surface area (Å²) in [6.07, 6.45) is -0.985. The molecule has 1 aliphatic heterocycles. The van der Waals surface area contributed by atoms with E-state index in [0.29, 0.717) is 0 Å². The van der Waals surface area contributed by atoms with Gasteiger partial charge in [0, 0.05) is 0 Å². The average molecular weight is 163 g/mol. The molecule has 1 fully saturated rings. The third-order valence-corrected chi connectivity index (χ3v) is 1.49. The fraction of sp³-hybridized carbons (Fsp3) is 1.00. The van der Waals surface area contributed by atoms with Crippen molar-refractivity contribution in [3.63, 3.8) is 0 Å². The molecule has 1 rings (SSSR count). The predicted molar refractivity (Wildman–Crippen MR) is 38.2 cm³/mol. The Morgan fingerprint density at radius 1 is 1.82 bits per heavy atom. The van der Waals surface area contributed by atoms with E-state index in [0.717, 1.165) is 0 Å². The highest BCUT2D eigenvalue weighted by molar-refractivity contribution is 4.79. The maximum absolute atomic E-state index is 8.88. The first kappa shape index (κ1) is 7.49. The van der Waals surface area contributed by atoms with Crippen molar-refractivity contribution in [2.75, 3.05) is 19.8 Å². The van der Waals surface area contributed by atoms with Gasteiger partial charge in [0.2, 0.25) is 0 Å². The van der Waals surface area contributed by atoms with Crippen LogP contribution in [0.15, 0.2) is 0 Å². The Kier molecular flexibility index (Phi) is 2.73. The van der Waals surface area contributed by atoms with Crippen LogP contribution in [0, 0.1) is 0 Å². The van der Waals surface area contributed by atoms with Gasteiger partial charge in [0.25, 0.3) is 0 Å². The second-order valence-electron chi connectivity index (χ2n) is 2.61. The van der Waals surface area contributed by atoms with Crippen molar-refractivity contribution in [1.82, 2.24) is 0 Å². The molecule has 4 heteroatoms. The van der Waals surface area contributed by atoms with Gasteiger partial charge >= 0.3 is 0 Å². The minimum absolute atomic E-state index is 0.0166. The van der Waals surface area contributed by atoms with Crippen molar-refractivity contribution in [1.29, 1.82) is 0 Å². The van der Waals surface area contributed by atoms with Crippen LogP contribution in [-0.4, -0.2) is 48.3 Å². The van der Waals surface area contributed by atoms with Crippen molar-refractivity contribution in [3.8, 4) is 0 Å². The molecule has 1 heterocycles. The lowest BCUT2D eigenvalue weighted by Gasteiger charge is -2.06. The molecular formula is C7H14O4. The Morgan fingerprint density at radius 2 is 2.45 bits per heavy atom. The molecule has 4 atom stereocenters. The van der Waals surface area contributed by atoms with Gasteiger partial charge in [-0.1, -0.05) is 0 Å². The van der Waals surface area contributed by atoms with Gasteiger partial charge in [0.1, 0.15) is 12.2 Å². The molecule has 2 N–H and O–H groups in total. The van der Waals surface area contributed by atoms with Crippen LogP contribution in [0.5, 0.6) is 0 Å². The Labute approximate surface area is 67.1 Å². The van der Waals surface area contributed by atoms with Crippen molar-refractivity contribution in [2.24, 2.45) is 0 Å². The molecule has 1 saturated heterocycles. The highest BCUT2D eigenvalue weighted by Crippen LogP contribution is 2.20. The number of aliphatic hydroxyl groups excluding tert-OH is 2. The van der Waals surface area contributed by atoms with Gasteiger partial charge < -0.3 is 19.7 Å². The molecule has 4 nitrogen and oxygen atoms in total. The first-order chi connectivity index (χ1) is 5.65. The van der Waals surface area contributed by atoms with E-state index in [4.69, 9.17) is 21.1 Å². The maximum atomic E-state index is 8.88. The zero-order chi connectivity index (χ0) is 9.14. The van der Waals surface area contributed by atoms with E-state index in [-0.39, 0.29) is 25.4 Å². The second kappa shape index (κ2) is 4.01. The molecule has 0 aliphatic carbocycles. The summed E-state index contributed by atoms with van der Waals surface area (Å²) in [5, 5.41) is 17.3. The minimum Gasteiger partial charge on any atom is -0.394 e. The van der Waals surface area contributed by atoms with Crippen molar-refractivity contribution >= 4 is 0 Å². The van der Waals surface area contributed by atoms with Crippen molar-refractivity contribution < 1.29 is 21.1 Å². The zero-order valence-electron chi connectivity index (χ0n) is 7.43. The fourth-order valence-electron chi connectivity index (χ4n) is 0.659. The number of rotatable bonds is 5. The third kappa shape index (κ3) is 3.16. The van der Waals surface area contributed by atoms with Crippen molar-refractivity contribution in [3.05, 3.63) is 0 Å². The van der Waals surface area contributed by atoms with E-state index in [2.05, 4.69) is 0 Å². The molecule has 0 amide bonds. The van der Waals surface area contributed by atoms with Gasteiger partial charge in [-0.2, -0.15) is 0 Å². The lowest BCUT2D eigenvalue weighted by atomic mass is 10.3. The topological polar surface area (TPSA) is 62.2 Å². The number of aliphatic hydroxyl groups is 2. The number of hydrogen-bond acceptors (Lipinski definition) is 4. The summed E-state index contributed by atoms with van der Waals surface area (Å²) in [5.74, 6) is 0. The molecule has 0 radical (unpaired) electrons. The summed E-state index contributed by atoms with van der Waals surface area (Å²) in [6.45, 7) is 0.754. The number of hydrogen-bond donors (Lipinski definition) is 2. The summed E-state index contributed by atoms with van der Waals surface area (Å²) in [7, 11) is 0. The molecule has 0 spiro atoms. The van der Waals surface area contributed by atoms with Gasteiger partial charge in [0.05, 0.1) is 27.3 Å². The zero-order valence-corrected chi connectivity index (χ0v) is 6.43. The molecule has 0 aromatic rings. The summed E-state index contributed by atoms with van der Waals surface area (Å²) in [5.41, 5.74) is 0. The van der Waals surface area contributed by atoms with E-state index < -0.39 is 12.7 Å². The quantitative estimate of drug-likeness (QED) is 0.518. The molecule has 0 aromatic carbocycles. The Hall–Kier alpha value is -0.160. The van der Waals surface area contributed by atoms with Gasteiger partial charge in [-0.25, -0.2) is 0 Å². The largest absolute Gasteiger partial charge is 0.394 e. The fourth-order valence-corrected chi connectivity index (χ4v) is 0.659. The van der Waals surface area contributed by atoms with Gasteiger partial charge in [-0.15, -0.1) is 0 Å². The molecular weight excluding hydrogens is 148 g/mol. The minimum atomic E-state index is -0.896. The van der Waals surface area contributed by atoms with Crippen LogP contribution in [0.2, 0.25) is 0 Å². The molecule has 1 aliphatic rings. The van der Waals surface area contributed by atoms with E-state index in [9.17, 15) is 0 Å². The summed E-state index contributed by atoms with van der Waals surface area (Å²) < 4.78 is 17.3. The summed E-state index contributed by atoms with van der Waals surface area (Å²) in [6, 6.07) is 0. The van der Waals surface area contributed by atoms with Gasteiger partial charge in [0.15, 0.2) is 0 Å². The number of ether oxygens (including phenoxy) is 2. The average Bonchev–Trinajstić information content (AvgIpc) is 2.77. The first-order valence-electron chi connectivity index (χ1n) is 4.21. The van der Waals surface area contributed by atoms with Crippen LogP contribution in [-0.2, 0) is 9.47 Å².